The highest BCUT2D eigenvalue weighted by molar-refractivity contribution is 5.84. The SMILES string of the molecule is COCCn1cc(CC(C)N)c2ccccc21. The first-order valence-electron chi connectivity index (χ1n) is 6.03. The Kier molecular flexibility index (Phi) is 3.82. The van der Waals surface area contributed by atoms with Crippen molar-refractivity contribution in [3.05, 3.63) is 36.0 Å². The molecule has 0 saturated carbocycles. The number of nitrogens with two attached hydrogens (primary N) is 1. The third-order valence-electron chi connectivity index (χ3n) is 2.95. The van der Waals surface area contributed by atoms with Crippen LogP contribution in [0.15, 0.2) is 30.5 Å². The van der Waals surface area contributed by atoms with Gasteiger partial charge in [0.1, 0.15) is 0 Å². The smallest absolute Gasteiger partial charge is 0.0641 e. The lowest BCUT2D eigenvalue weighted by Crippen LogP contribution is -2.17. The minimum absolute atomic E-state index is 0.191. The molecule has 0 fully saturated rings. The highest BCUT2D eigenvalue weighted by atomic mass is 16.5. The summed E-state index contributed by atoms with van der Waals surface area (Å²) in [6.07, 6.45) is 3.12. The van der Waals surface area contributed by atoms with Crippen LogP contribution in [0.1, 0.15) is 12.5 Å². The lowest BCUT2D eigenvalue weighted by Gasteiger charge is -2.03. The molecule has 3 heteroatoms. The van der Waals surface area contributed by atoms with Crippen molar-refractivity contribution >= 4 is 10.9 Å². The molecule has 0 aliphatic carbocycles. The van der Waals surface area contributed by atoms with E-state index in [1.54, 1.807) is 7.11 Å². The second-order valence-corrected chi connectivity index (χ2v) is 4.54. The molecule has 0 aliphatic rings. The number of methoxy groups -OCH3 is 1. The van der Waals surface area contributed by atoms with Gasteiger partial charge in [-0.1, -0.05) is 18.2 Å². The van der Waals surface area contributed by atoms with Crippen LogP contribution in [-0.4, -0.2) is 24.3 Å². The monoisotopic (exact) mass is 232 g/mol. The van der Waals surface area contributed by atoms with Crippen LogP contribution >= 0.6 is 0 Å². The summed E-state index contributed by atoms with van der Waals surface area (Å²) in [5.41, 5.74) is 8.48. The molecule has 0 radical (unpaired) electrons. The van der Waals surface area contributed by atoms with Crippen LogP contribution in [-0.2, 0) is 17.7 Å². The molecule has 0 amide bonds. The molecule has 1 aromatic heterocycles. The third-order valence-corrected chi connectivity index (χ3v) is 2.95. The predicted octanol–water partition coefficient (Wildman–Crippen LogP) is 2.18. The average molecular weight is 232 g/mol. The van der Waals surface area contributed by atoms with Gasteiger partial charge in [0.15, 0.2) is 0 Å². The number of hydrogen-bond acceptors (Lipinski definition) is 2. The molecule has 92 valence electrons. The minimum Gasteiger partial charge on any atom is -0.383 e. The second-order valence-electron chi connectivity index (χ2n) is 4.54. The van der Waals surface area contributed by atoms with E-state index in [4.69, 9.17) is 10.5 Å². The van der Waals surface area contributed by atoms with Gasteiger partial charge in [0.05, 0.1) is 6.61 Å². The van der Waals surface area contributed by atoms with E-state index in [1.165, 1.54) is 16.5 Å². The van der Waals surface area contributed by atoms with E-state index in [2.05, 4.69) is 35.0 Å². The zero-order valence-electron chi connectivity index (χ0n) is 10.5. The maximum Gasteiger partial charge on any atom is 0.0641 e. The summed E-state index contributed by atoms with van der Waals surface area (Å²) in [5.74, 6) is 0. The molecule has 0 aliphatic heterocycles. The van der Waals surface area contributed by atoms with E-state index in [0.29, 0.717) is 0 Å². The fraction of sp³-hybridized carbons (Fsp3) is 0.429. The highest BCUT2D eigenvalue weighted by Crippen LogP contribution is 2.22. The van der Waals surface area contributed by atoms with Gasteiger partial charge in [-0.05, 0) is 25.0 Å². The average Bonchev–Trinajstić information content (AvgIpc) is 2.65. The third kappa shape index (κ3) is 2.68. The van der Waals surface area contributed by atoms with E-state index in [-0.39, 0.29) is 6.04 Å². The van der Waals surface area contributed by atoms with Crippen LogP contribution < -0.4 is 5.73 Å². The van der Waals surface area contributed by atoms with Gasteiger partial charge < -0.3 is 15.0 Å². The number of benzene rings is 1. The lowest BCUT2D eigenvalue weighted by molar-refractivity contribution is 0.188. The Balaban J connectivity index is 2.39. The number of ether oxygens (including phenoxy) is 1. The molecule has 0 spiro atoms. The fourth-order valence-electron chi connectivity index (χ4n) is 2.21. The number of hydrogen-bond donors (Lipinski definition) is 1. The molecule has 1 atom stereocenters. The number of aromatic nitrogens is 1. The Morgan fingerprint density at radius 1 is 1.35 bits per heavy atom. The first-order valence-corrected chi connectivity index (χ1v) is 6.03. The molecule has 2 aromatic rings. The molecular formula is C14H20N2O. The van der Waals surface area contributed by atoms with Gasteiger partial charge in [-0.25, -0.2) is 0 Å². The maximum absolute atomic E-state index is 5.89. The van der Waals surface area contributed by atoms with E-state index in [9.17, 15) is 0 Å². The van der Waals surface area contributed by atoms with Crippen molar-refractivity contribution < 1.29 is 4.74 Å². The summed E-state index contributed by atoms with van der Waals surface area (Å²) in [6.45, 7) is 3.66. The van der Waals surface area contributed by atoms with Gasteiger partial charge >= 0.3 is 0 Å². The Hall–Kier alpha value is -1.32. The van der Waals surface area contributed by atoms with Gasteiger partial charge in [-0.3, -0.25) is 0 Å². The van der Waals surface area contributed by atoms with Crippen molar-refractivity contribution in [2.45, 2.75) is 25.9 Å². The summed E-state index contributed by atoms with van der Waals surface area (Å²) in [5, 5.41) is 1.31. The molecule has 1 aromatic carbocycles. The Bertz CT molecular complexity index is 488. The first-order chi connectivity index (χ1) is 8.22. The molecule has 1 heterocycles. The first kappa shape index (κ1) is 12.1. The van der Waals surface area contributed by atoms with E-state index in [1.807, 2.05) is 6.92 Å². The molecule has 0 saturated heterocycles. The van der Waals surface area contributed by atoms with Crippen LogP contribution in [0, 0.1) is 0 Å². The van der Waals surface area contributed by atoms with Crippen molar-refractivity contribution in [1.29, 1.82) is 0 Å². The molecule has 0 bridgehead atoms. The zero-order chi connectivity index (χ0) is 12.3. The largest absolute Gasteiger partial charge is 0.383 e. The molecule has 2 N–H and O–H groups in total. The summed E-state index contributed by atoms with van der Waals surface area (Å²) in [6, 6.07) is 8.65. The molecule has 1 unspecified atom stereocenters. The molecule has 2 rings (SSSR count). The highest BCUT2D eigenvalue weighted by Gasteiger charge is 2.09. The summed E-state index contributed by atoms with van der Waals surface area (Å²) in [4.78, 5) is 0. The molecular weight excluding hydrogens is 212 g/mol. The molecule has 3 nitrogen and oxygen atoms in total. The van der Waals surface area contributed by atoms with Gasteiger partial charge in [0.2, 0.25) is 0 Å². The van der Waals surface area contributed by atoms with Crippen molar-refractivity contribution in [3.8, 4) is 0 Å². The summed E-state index contributed by atoms with van der Waals surface area (Å²) >= 11 is 0. The van der Waals surface area contributed by atoms with E-state index < -0.39 is 0 Å². The predicted molar refractivity (Wildman–Crippen MR) is 71.2 cm³/mol. The van der Waals surface area contributed by atoms with Gasteiger partial charge in [0, 0.05) is 36.8 Å². The minimum atomic E-state index is 0.191. The summed E-state index contributed by atoms with van der Waals surface area (Å²) in [7, 11) is 1.73. The van der Waals surface area contributed by atoms with Crippen molar-refractivity contribution in [1.82, 2.24) is 4.57 Å². The zero-order valence-corrected chi connectivity index (χ0v) is 10.5. The second kappa shape index (κ2) is 5.34. The van der Waals surface area contributed by atoms with Crippen molar-refractivity contribution in [2.75, 3.05) is 13.7 Å². The van der Waals surface area contributed by atoms with Crippen LogP contribution in [0.5, 0.6) is 0 Å². The Labute approximate surface area is 102 Å². The van der Waals surface area contributed by atoms with Crippen LogP contribution in [0.3, 0.4) is 0 Å². The number of para-hydroxylation sites is 1. The number of nitrogens with zero attached hydrogens (tertiary/aromatic N) is 1. The number of fused-ring (bicyclic) bond motifs is 1. The maximum atomic E-state index is 5.89. The topological polar surface area (TPSA) is 40.2 Å². The van der Waals surface area contributed by atoms with E-state index >= 15 is 0 Å². The Morgan fingerprint density at radius 2 is 2.12 bits per heavy atom. The van der Waals surface area contributed by atoms with E-state index in [0.717, 1.165) is 19.6 Å². The normalized spacial score (nSPS) is 13.1. The standard InChI is InChI=1S/C14H20N2O/c1-11(15)9-12-10-16(7-8-17-2)14-6-4-3-5-13(12)14/h3-6,10-11H,7-9,15H2,1-2H3. The van der Waals surface area contributed by atoms with Crippen molar-refractivity contribution in [2.24, 2.45) is 5.73 Å². The van der Waals surface area contributed by atoms with Crippen LogP contribution in [0.4, 0.5) is 0 Å². The number of rotatable bonds is 5. The lowest BCUT2D eigenvalue weighted by atomic mass is 10.1. The van der Waals surface area contributed by atoms with Gasteiger partial charge in [-0.15, -0.1) is 0 Å². The molecule has 17 heavy (non-hydrogen) atoms. The van der Waals surface area contributed by atoms with Gasteiger partial charge in [-0.2, -0.15) is 0 Å². The summed E-state index contributed by atoms with van der Waals surface area (Å²) < 4.78 is 7.39. The Morgan fingerprint density at radius 3 is 2.82 bits per heavy atom. The van der Waals surface area contributed by atoms with Crippen LogP contribution in [0.25, 0.3) is 10.9 Å². The van der Waals surface area contributed by atoms with Gasteiger partial charge in [0.25, 0.3) is 0 Å². The van der Waals surface area contributed by atoms with Crippen molar-refractivity contribution in [3.63, 3.8) is 0 Å². The quantitative estimate of drug-likeness (QED) is 0.858. The van der Waals surface area contributed by atoms with Crippen LogP contribution in [0.2, 0.25) is 0 Å². The fourth-order valence-corrected chi connectivity index (χ4v) is 2.21.